The van der Waals surface area contributed by atoms with Crippen LogP contribution in [0, 0.1) is 16.7 Å². The quantitative estimate of drug-likeness (QED) is 0.376. The second-order valence-corrected chi connectivity index (χ2v) is 12.6. The van der Waals surface area contributed by atoms with Gasteiger partial charge < -0.3 is 11.1 Å². The molecule has 0 radical (unpaired) electrons. The molecule has 1 amide bonds. The molecule has 1 atom stereocenters. The molecule has 1 aliphatic heterocycles. The fraction of sp³-hybridized carbons (Fsp3) is 0.259. The van der Waals surface area contributed by atoms with Gasteiger partial charge in [-0.15, -0.1) is 10.2 Å². The van der Waals surface area contributed by atoms with E-state index in [1.807, 2.05) is 44.2 Å². The van der Waals surface area contributed by atoms with Crippen LogP contribution in [0.3, 0.4) is 0 Å². The van der Waals surface area contributed by atoms with Gasteiger partial charge in [0.1, 0.15) is 11.6 Å². The maximum absolute atomic E-state index is 13.6. The van der Waals surface area contributed by atoms with E-state index in [2.05, 4.69) is 26.6 Å². The summed E-state index contributed by atoms with van der Waals surface area (Å²) in [6, 6.07) is 15.0. The first-order valence-electron chi connectivity index (χ1n) is 12.1. The Hall–Kier alpha value is -3.72. The molecule has 0 saturated heterocycles. The van der Waals surface area contributed by atoms with Crippen LogP contribution in [0.2, 0.25) is 5.02 Å². The Kier molecular flexibility index (Phi) is 7.44. The number of hydrogen-bond acceptors (Lipinski definition) is 10. The highest BCUT2D eigenvalue weighted by Crippen LogP contribution is 2.50. The maximum atomic E-state index is 13.6. The molecule has 3 heterocycles. The van der Waals surface area contributed by atoms with Crippen molar-refractivity contribution in [2.24, 2.45) is 11.1 Å². The molecule has 5 rings (SSSR count). The lowest BCUT2D eigenvalue weighted by Crippen LogP contribution is -2.42. The van der Waals surface area contributed by atoms with E-state index in [0.717, 1.165) is 11.3 Å². The minimum Gasteiger partial charge on any atom is -0.384 e. The number of nitriles is 1. The number of Topliss-reactive ketones (excluding diaryl/α,β-unsaturated/α-hetero) is 1. The molecule has 0 fully saturated rings. The number of carbonyl (C=O) groups is 2. The minimum atomic E-state index is -0.544. The molecule has 0 saturated carbocycles. The van der Waals surface area contributed by atoms with Crippen molar-refractivity contribution in [3.05, 3.63) is 81.9 Å². The molecule has 3 N–H and O–H groups in total. The minimum absolute atomic E-state index is 0.00746. The highest BCUT2D eigenvalue weighted by molar-refractivity contribution is 8.01. The summed E-state index contributed by atoms with van der Waals surface area (Å²) in [5, 5.41) is 22.4. The highest BCUT2D eigenvalue weighted by Gasteiger charge is 2.45. The molecule has 2 aromatic heterocycles. The Morgan fingerprint density at radius 1 is 1.26 bits per heavy atom. The number of ketones is 1. The smallest absolute Gasteiger partial charge is 0.235 e. The van der Waals surface area contributed by atoms with Crippen LogP contribution in [0.5, 0.6) is 0 Å². The van der Waals surface area contributed by atoms with E-state index in [4.69, 9.17) is 17.3 Å². The molecule has 1 aliphatic carbocycles. The van der Waals surface area contributed by atoms with E-state index in [0.29, 0.717) is 44.3 Å². The van der Waals surface area contributed by atoms with Gasteiger partial charge in [0.05, 0.1) is 28.3 Å². The molecule has 198 valence electrons. The summed E-state index contributed by atoms with van der Waals surface area (Å²) in [5.41, 5.74) is 8.81. The van der Waals surface area contributed by atoms with Gasteiger partial charge in [0.15, 0.2) is 10.1 Å². The summed E-state index contributed by atoms with van der Waals surface area (Å²) in [6.45, 7) is 4.08. The van der Waals surface area contributed by atoms with E-state index < -0.39 is 5.92 Å². The Balaban J connectivity index is 1.45. The number of hydrogen-bond donors (Lipinski definition) is 2. The van der Waals surface area contributed by atoms with Crippen LogP contribution in [0.15, 0.2) is 75.7 Å². The number of carbonyl (C=O) groups excluding carboxylic acids is 2. The standard InChI is InChI=1S/C27H24ClN7O2S2/c1-27(2)10-18-23(19(36)11-27)22(15-6-4-3-5-7-15)17(12-29)24(30)35(18)25-33-34-26(39-25)38-14-21(37)32-20-9-8-16(28)13-31-20/h3-9,13,22H,10-11,14,30H2,1-2H3,(H,31,32,37). The topological polar surface area (TPSA) is 138 Å². The fourth-order valence-electron chi connectivity index (χ4n) is 4.81. The summed E-state index contributed by atoms with van der Waals surface area (Å²) >= 11 is 8.30. The first-order chi connectivity index (χ1) is 18.7. The van der Waals surface area contributed by atoms with Crippen LogP contribution in [0.1, 0.15) is 38.2 Å². The summed E-state index contributed by atoms with van der Waals surface area (Å²) in [6.07, 6.45) is 2.40. The molecular weight excluding hydrogens is 554 g/mol. The third-order valence-electron chi connectivity index (χ3n) is 6.42. The predicted molar refractivity (Wildman–Crippen MR) is 152 cm³/mol. The number of nitrogens with two attached hydrogens (primary N) is 1. The van der Waals surface area contributed by atoms with Crippen molar-refractivity contribution >= 4 is 57.3 Å². The van der Waals surface area contributed by atoms with Crippen LogP contribution in [-0.2, 0) is 9.59 Å². The second kappa shape index (κ2) is 10.8. The van der Waals surface area contributed by atoms with Gasteiger partial charge in [-0.05, 0) is 29.5 Å². The van der Waals surface area contributed by atoms with Gasteiger partial charge in [0.25, 0.3) is 0 Å². The van der Waals surface area contributed by atoms with Crippen molar-refractivity contribution < 1.29 is 9.59 Å². The highest BCUT2D eigenvalue weighted by atomic mass is 35.5. The van der Waals surface area contributed by atoms with E-state index >= 15 is 0 Å². The number of aromatic nitrogens is 3. The van der Waals surface area contributed by atoms with Crippen molar-refractivity contribution in [3.63, 3.8) is 0 Å². The fourth-order valence-corrected chi connectivity index (χ4v) is 6.61. The lowest BCUT2D eigenvalue weighted by Gasteiger charge is -2.42. The van der Waals surface area contributed by atoms with Crippen molar-refractivity contribution in [2.45, 2.75) is 36.9 Å². The Morgan fingerprint density at radius 3 is 2.72 bits per heavy atom. The number of rotatable bonds is 6. The van der Waals surface area contributed by atoms with Gasteiger partial charge >= 0.3 is 0 Å². The van der Waals surface area contributed by atoms with E-state index in [-0.39, 0.29) is 28.7 Å². The molecule has 0 bridgehead atoms. The van der Waals surface area contributed by atoms with Crippen LogP contribution in [0.25, 0.3) is 0 Å². The number of halogens is 1. The molecule has 39 heavy (non-hydrogen) atoms. The molecule has 1 aromatic carbocycles. The van der Waals surface area contributed by atoms with Gasteiger partial charge in [0, 0.05) is 23.9 Å². The normalized spacial score (nSPS) is 18.6. The Bertz CT molecular complexity index is 1540. The largest absolute Gasteiger partial charge is 0.384 e. The van der Waals surface area contributed by atoms with E-state index in [1.165, 1.54) is 29.3 Å². The van der Waals surface area contributed by atoms with Crippen LogP contribution < -0.4 is 16.0 Å². The second-order valence-electron chi connectivity index (χ2n) is 9.94. The average Bonchev–Trinajstić information content (AvgIpc) is 3.36. The average molecular weight is 578 g/mol. The monoisotopic (exact) mass is 577 g/mol. The summed E-state index contributed by atoms with van der Waals surface area (Å²) in [4.78, 5) is 31.7. The molecule has 3 aromatic rings. The van der Waals surface area contributed by atoms with Gasteiger partial charge in [-0.3, -0.25) is 14.5 Å². The summed E-state index contributed by atoms with van der Waals surface area (Å²) in [5.74, 6) is -0.0930. The van der Waals surface area contributed by atoms with E-state index in [1.54, 1.807) is 17.0 Å². The Labute approximate surface area is 238 Å². The molecule has 1 unspecified atom stereocenters. The van der Waals surface area contributed by atoms with Crippen molar-refractivity contribution in [3.8, 4) is 6.07 Å². The lowest BCUT2D eigenvalue weighted by molar-refractivity contribution is -0.118. The number of allylic oxidation sites excluding steroid dienone is 3. The summed E-state index contributed by atoms with van der Waals surface area (Å²) in [7, 11) is 0. The predicted octanol–water partition coefficient (Wildman–Crippen LogP) is 5.26. The SMILES string of the molecule is CC1(C)CC(=O)C2=C(C1)N(c1nnc(SCC(=O)Nc3ccc(Cl)cn3)s1)C(N)=C(C#N)C2c1ccccc1. The lowest BCUT2D eigenvalue weighted by atomic mass is 9.69. The third-order valence-corrected chi connectivity index (χ3v) is 8.69. The number of pyridine rings is 1. The molecule has 2 aliphatic rings. The first-order valence-corrected chi connectivity index (χ1v) is 14.2. The number of anilines is 2. The first kappa shape index (κ1) is 26.9. The van der Waals surface area contributed by atoms with Crippen LogP contribution >= 0.6 is 34.7 Å². The van der Waals surface area contributed by atoms with Gasteiger partial charge in [-0.2, -0.15) is 5.26 Å². The zero-order valence-corrected chi connectivity index (χ0v) is 23.5. The van der Waals surface area contributed by atoms with Gasteiger partial charge in [-0.1, -0.05) is 78.9 Å². The molecule has 0 spiro atoms. The van der Waals surface area contributed by atoms with Crippen molar-refractivity contribution in [1.29, 1.82) is 5.26 Å². The maximum Gasteiger partial charge on any atom is 0.235 e. The van der Waals surface area contributed by atoms with Crippen molar-refractivity contribution in [1.82, 2.24) is 15.2 Å². The number of benzene rings is 1. The van der Waals surface area contributed by atoms with Gasteiger partial charge in [0.2, 0.25) is 11.0 Å². The zero-order valence-electron chi connectivity index (χ0n) is 21.1. The molecule has 12 heteroatoms. The van der Waals surface area contributed by atoms with Crippen LogP contribution in [-0.4, -0.2) is 32.6 Å². The van der Waals surface area contributed by atoms with Gasteiger partial charge in [-0.25, -0.2) is 4.98 Å². The zero-order chi connectivity index (χ0) is 27.7. The molecule has 9 nitrogen and oxygen atoms in total. The number of amides is 1. The summed E-state index contributed by atoms with van der Waals surface area (Å²) < 4.78 is 0.546. The van der Waals surface area contributed by atoms with Crippen molar-refractivity contribution in [2.75, 3.05) is 16.0 Å². The molecular formula is C27H24ClN7O2S2. The van der Waals surface area contributed by atoms with Crippen LogP contribution in [0.4, 0.5) is 10.9 Å². The number of nitrogens with one attached hydrogen (secondary N) is 1. The number of nitrogens with zero attached hydrogens (tertiary/aromatic N) is 5. The third kappa shape index (κ3) is 5.54. The Morgan fingerprint density at radius 2 is 2.03 bits per heavy atom. The van der Waals surface area contributed by atoms with E-state index in [9.17, 15) is 14.9 Å². The number of thioether (sulfide) groups is 1.